The summed E-state index contributed by atoms with van der Waals surface area (Å²) in [4.78, 5) is 32.5. The third-order valence-corrected chi connectivity index (χ3v) is 2.04. The number of aliphatic carboxylic acids is 2. The van der Waals surface area contributed by atoms with Crippen LogP contribution in [0.2, 0.25) is 0 Å². The van der Waals surface area contributed by atoms with Crippen LogP contribution in [0.1, 0.15) is 11.6 Å². The summed E-state index contributed by atoms with van der Waals surface area (Å²) in [6.45, 7) is 0. The summed E-state index contributed by atoms with van der Waals surface area (Å²) in [6, 6.07) is 6.90. The molecule has 0 fully saturated rings. The van der Waals surface area contributed by atoms with Gasteiger partial charge in [-0.15, -0.1) is 0 Å². The van der Waals surface area contributed by atoms with Crippen molar-refractivity contribution in [3.05, 3.63) is 48.0 Å². The normalized spacial score (nSPS) is 12.0. The first-order chi connectivity index (χ1) is 8.50. The molecular formula is C12H11NO5. The third-order valence-electron chi connectivity index (χ3n) is 2.04. The molecule has 1 atom stereocenters. The number of carboxylic acid groups (broad SMARTS) is 2. The molecule has 1 aromatic carbocycles. The SMILES string of the molecule is O=C(O)/C=C\C(=O)N[C@H](C(=O)O)c1ccccc1. The number of carbonyl (C=O) groups is 3. The van der Waals surface area contributed by atoms with Crippen LogP contribution in [0, 0.1) is 0 Å². The Kier molecular flexibility index (Phi) is 4.62. The lowest BCUT2D eigenvalue weighted by atomic mass is 10.1. The number of benzene rings is 1. The molecule has 1 amide bonds. The lowest BCUT2D eigenvalue weighted by Gasteiger charge is -2.13. The van der Waals surface area contributed by atoms with E-state index in [1.54, 1.807) is 30.3 Å². The van der Waals surface area contributed by atoms with Crippen molar-refractivity contribution in [2.45, 2.75) is 6.04 Å². The highest BCUT2D eigenvalue weighted by Gasteiger charge is 2.20. The minimum Gasteiger partial charge on any atom is -0.479 e. The summed E-state index contributed by atoms with van der Waals surface area (Å²) >= 11 is 0. The maximum Gasteiger partial charge on any atom is 0.330 e. The molecule has 94 valence electrons. The van der Waals surface area contributed by atoms with Gasteiger partial charge in [-0.25, -0.2) is 9.59 Å². The smallest absolute Gasteiger partial charge is 0.330 e. The van der Waals surface area contributed by atoms with Crippen LogP contribution < -0.4 is 5.32 Å². The number of carbonyl (C=O) groups excluding carboxylic acids is 1. The summed E-state index contributed by atoms with van der Waals surface area (Å²) in [7, 11) is 0. The fourth-order valence-electron chi connectivity index (χ4n) is 1.27. The number of hydrogen-bond acceptors (Lipinski definition) is 3. The number of carboxylic acids is 2. The zero-order valence-electron chi connectivity index (χ0n) is 9.24. The molecule has 0 radical (unpaired) electrons. The molecule has 0 saturated heterocycles. The zero-order valence-corrected chi connectivity index (χ0v) is 9.24. The number of hydrogen-bond donors (Lipinski definition) is 3. The second-order valence-corrected chi connectivity index (χ2v) is 3.36. The minimum atomic E-state index is -1.28. The van der Waals surface area contributed by atoms with Gasteiger partial charge in [-0.2, -0.15) is 0 Å². The molecule has 0 saturated carbocycles. The van der Waals surface area contributed by atoms with E-state index in [4.69, 9.17) is 10.2 Å². The molecule has 0 spiro atoms. The van der Waals surface area contributed by atoms with Gasteiger partial charge in [0.1, 0.15) is 0 Å². The van der Waals surface area contributed by atoms with Crippen molar-refractivity contribution in [2.24, 2.45) is 0 Å². The molecule has 0 heterocycles. The maximum absolute atomic E-state index is 11.3. The Labute approximate surface area is 103 Å². The van der Waals surface area contributed by atoms with Crippen LogP contribution in [0.3, 0.4) is 0 Å². The van der Waals surface area contributed by atoms with Gasteiger partial charge < -0.3 is 15.5 Å². The largest absolute Gasteiger partial charge is 0.479 e. The average Bonchev–Trinajstić information content (AvgIpc) is 2.34. The molecule has 6 nitrogen and oxygen atoms in total. The van der Waals surface area contributed by atoms with Gasteiger partial charge in [-0.3, -0.25) is 4.79 Å². The molecule has 0 aliphatic carbocycles. The van der Waals surface area contributed by atoms with Gasteiger partial charge in [0.05, 0.1) is 0 Å². The van der Waals surface area contributed by atoms with Crippen LogP contribution in [0.15, 0.2) is 42.5 Å². The van der Waals surface area contributed by atoms with Crippen molar-refractivity contribution in [2.75, 3.05) is 0 Å². The fraction of sp³-hybridized carbons (Fsp3) is 0.0833. The topological polar surface area (TPSA) is 104 Å². The van der Waals surface area contributed by atoms with Crippen molar-refractivity contribution in [3.8, 4) is 0 Å². The predicted octanol–water partition coefficient (Wildman–Crippen LogP) is 0.569. The second kappa shape index (κ2) is 6.19. The van der Waals surface area contributed by atoms with Crippen molar-refractivity contribution in [3.63, 3.8) is 0 Å². The molecule has 0 bridgehead atoms. The van der Waals surface area contributed by atoms with Gasteiger partial charge in [0.2, 0.25) is 5.91 Å². The van der Waals surface area contributed by atoms with Gasteiger partial charge in [-0.05, 0) is 5.56 Å². The lowest BCUT2D eigenvalue weighted by molar-refractivity contribution is -0.141. The van der Waals surface area contributed by atoms with Crippen LogP contribution in [-0.4, -0.2) is 28.1 Å². The van der Waals surface area contributed by atoms with Crippen LogP contribution in [0.4, 0.5) is 0 Å². The molecule has 18 heavy (non-hydrogen) atoms. The molecule has 0 aromatic heterocycles. The first-order valence-electron chi connectivity index (χ1n) is 5.00. The van der Waals surface area contributed by atoms with Gasteiger partial charge in [0, 0.05) is 12.2 Å². The molecular weight excluding hydrogens is 238 g/mol. The summed E-state index contributed by atoms with van der Waals surface area (Å²) in [5, 5.41) is 19.5. The molecule has 0 aliphatic rings. The Balaban J connectivity index is 2.80. The minimum absolute atomic E-state index is 0.405. The van der Waals surface area contributed by atoms with Crippen LogP contribution >= 0.6 is 0 Å². The van der Waals surface area contributed by atoms with Crippen molar-refractivity contribution in [1.29, 1.82) is 0 Å². The van der Waals surface area contributed by atoms with Gasteiger partial charge in [0.25, 0.3) is 0 Å². The van der Waals surface area contributed by atoms with E-state index in [-0.39, 0.29) is 0 Å². The van der Waals surface area contributed by atoms with Gasteiger partial charge in [0.15, 0.2) is 6.04 Å². The number of rotatable bonds is 5. The summed E-state index contributed by atoms with van der Waals surface area (Å²) < 4.78 is 0. The van der Waals surface area contributed by atoms with Crippen molar-refractivity contribution < 1.29 is 24.6 Å². The highest BCUT2D eigenvalue weighted by Crippen LogP contribution is 2.12. The molecule has 1 aromatic rings. The molecule has 1 rings (SSSR count). The third kappa shape index (κ3) is 4.09. The predicted molar refractivity (Wildman–Crippen MR) is 61.7 cm³/mol. The first-order valence-corrected chi connectivity index (χ1v) is 5.00. The average molecular weight is 249 g/mol. The van der Waals surface area contributed by atoms with Crippen LogP contribution in [0.5, 0.6) is 0 Å². The van der Waals surface area contributed by atoms with E-state index >= 15 is 0 Å². The molecule has 3 N–H and O–H groups in total. The van der Waals surface area contributed by atoms with E-state index in [1.165, 1.54) is 0 Å². The maximum atomic E-state index is 11.3. The van der Waals surface area contributed by atoms with Crippen LogP contribution in [0.25, 0.3) is 0 Å². The summed E-state index contributed by atoms with van der Waals surface area (Å²) in [5.74, 6) is -3.29. The van der Waals surface area contributed by atoms with E-state index < -0.39 is 23.9 Å². The standard InChI is InChI=1S/C12H11NO5/c14-9(6-7-10(15)16)13-11(12(17)18)8-4-2-1-3-5-8/h1-7,11H,(H,13,14)(H,15,16)(H,17,18)/b7-6-/t11-/m0/s1. The van der Waals surface area contributed by atoms with Crippen molar-refractivity contribution >= 4 is 17.8 Å². The highest BCUT2D eigenvalue weighted by atomic mass is 16.4. The zero-order chi connectivity index (χ0) is 13.5. The fourth-order valence-corrected chi connectivity index (χ4v) is 1.27. The molecule has 0 aliphatic heterocycles. The Morgan fingerprint density at radius 3 is 2.17 bits per heavy atom. The Hall–Kier alpha value is -2.63. The number of nitrogens with one attached hydrogen (secondary N) is 1. The summed E-state index contributed by atoms with van der Waals surface area (Å²) in [6.07, 6.45) is 1.40. The number of amides is 1. The van der Waals surface area contributed by atoms with Crippen molar-refractivity contribution in [1.82, 2.24) is 5.32 Å². The quantitative estimate of drug-likeness (QED) is 0.662. The van der Waals surface area contributed by atoms with Gasteiger partial charge in [-0.1, -0.05) is 30.3 Å². The van der Waals surface area contributed by atoms with E-state index in [9.17, 15) is 14.4 Å². The lowest BCUT2D eigenvalue weighted by Crippen LogP contribution is -2.32. The van der Waals surface area contributed by atoms with E-state index in [0.717, 1.165) is 6.08 Å². The summed E-state index contributed by atoms with van der Waals surface area (Å²) in [5.41, 5.74) is 0.405. The Morgan fingerprint density at radius 2 is 1.67 bits per heavy atom. The van der Waals surface area contributed by atoms with E-state index in [1.807, 2.05) is 0 Å². The monoisotopic (exact) mass is 249 g/mol. The molecule has 6 heteroatoms. The van der Waals surface area contributed by atoms with Gasteiger partial charge >= 0.3 is 11.9 Å². The van der Waals surface area contributed by atoms with E-state index in [2.05, 4.69) is 5.32 Å². The first kappa shape index (κ1) is 13.4. The molecule has 0 unspecified atom stereocenters. The Bertz CT molecular complexity index is 481. The van der Waals surface area contributed by atoms with E-state index in [0.29, 0.717) is 11.6 Å². The second-order valence-electron chi connectivity index (χ2n) is 3.36. The highest BCUT2D eigenvalue weighted by molar-refractivity contribution is 5.95. The Morgan fingerprint density at radius 1 is 1.06 bits per heavy atom. The van der Waals surface area contributed by atoms with Crippen LogP contribution in [-0.2, 0) is 14.4 Å².